The molecule has 4 nitrogen and oxygen atoms in total. The van der Waals surface area contributed by atoms with E-state index in [0.717, 1.165) is 30.7 Å². The van der Waals surface area contributed by atoms with Gasteiger partial charge in [0.05, 0.1) is 19.7 Å². The fourth-order valence-electron chi connectivity index (χ4n) is 2.45. The molecule has 2 rings (SSSR count). The number of ether oxygens (including phenoxy) is 1. The van der Waals surface area contributed by atoms with Gasteiger partial charge >= 0.3 is 0 Å². The predicted octanol–water partition coefficient (Wildman–Crippen LogP) is 1.32. The number of likely N-dealkylation sites (tertiary alicyclic amines) is 1. The number of amides is 1. The Kier molecular flexibility index (Phi) is 3.64. The molecule has 0 unspecified atom stereocenters. The van der Waals surface area contributed by atoms with Crippen LogP contribution in [-0.4, -0.2) is 31.0 Å². The lowest BCUT2D eigenvalue weighted by atomic mass is 10.0. The van der Waals surface area contributed by atoms with Gasteiger partial charge in [0.1, 0.15) is 5.75 Å². The summed E-state index contributed by atoms with van der Waals surface area (Å²) in [6.45, 7) is 0.865. The van der Waals surface area contributed by atoms with Crippen molar-refractivity contribution in [2.75, 3.05) is 20.2 Å². The van der Waals surface area contributed by atoms with Crippen LogP contribution in [0.2, 0.25) is 0 Å². The number of para-hydroxylation sites is 1. The lowest BCUT2D eigenvalue weighted by Gasteiger charge is -2.25. The molecular weight excluding hydrogens is 216 g/mol. The molecule has 0 spiro atoms. The minimum atomic E-state index is 0.0124. The molecule has 0 aliphatic carbocycles. The molecule has 1 atom stereocenters. The average molecular weight is 234 g/mol. The number of nitrogens with zero attached hydrogens (tertiary/aromatic N) is 1. The van der Waals surface area contributed by atoms with Crippen LogP contribution in [0.15, 0.2) is 24.3 Å². The zero-order valence-corrected chi connectivity index (χ0v) is 10.1. The summed E-state index contributed by atoms with van der Waals surface area (Å²) in [7, 11) is 1.66. The summed E-state index contributed by atoms with van der Waals surface area (Å²) in [6, 6.07) is 7.97. The molecule has 1 aromatic rings. The van der Waals surface area contributed by atoms with Gasteiger partial charge in [0.15, 0.2) is 0 Å². The van der Waals surface area contributed by atoms with Gasteiger partial charge in [0.25, 0.3) is 0 Å². The van der Waals surface area contributed by atoms with Gasteiger partial charge in [-0.15, -0.1) is 0 Å². The van der Waals surface area contributed by atoms with Gasteiger partial charge in [-0.25, -0.2) is 0 Å². The molecule has 4 heteroatoms. The summed E-state index contributed by atoms with van der Waals surface area (Å²) in [6.07, 6.45) is 2.00. The Morgan fingerprint density at radius 1 is 1.53 bits per heavy atom. The van der Waals surface area contributed by atoms with E-state index < -0.39 is 0 Å². The molecule has 0 radical (unpaired) electrons. The first-order valence-corrected chi connectivity index (χ1v) is 5.90. The quantitative estimate of drug-likeness (QED) is 0.858. The van der Waals surface area contributed by atoms with Crippen LogP contribution in [0.4, 0.5) is 0 Å². The molecule has 0 aromatic heterocycles. The highest BCUT2D eigenvalue weighted by Gasteiger charge is 2.30. The topological polar surface area (TPSA) is 55.6 Å². The van der Waals surface area contributed by atoms with E-state index in [0.29, 0.717) is 0 Å². The normalized spacial score (nSPS) is 19.4. The number of carbonyl (C=O) groups is 1. The van der Waals surface area contributed by atoms with Crippen molar-refractivity contribution >= 4 is 5.91 Å². The summed E-state index contributed by atoms with van der Waals surface area (Å²) in [5.41, 5.74) is 6.52. The van der Waals surface area contributed by atoms with Crippen molar-refractivity contribution in [3.63, 3.8) is 0 Å². The first kappa shape index (κ1) is 11.9. The third kappa shape index (κ3) is 2.26. The van der Waals surface area contributed by atoms with Crippen molar-refractivity contribution in [3.8, 4) is 5.75 Å². The standard InChI is InChI=1S/C13H18N2O2/c1-17-12-7-3-2-5-10(12)11-6-4-8-15(11)13(16)9-14/h2-3,5,7,11H,4,6,8-9,14H2,1H3/t11-/m1/s1. The molecule has 0 saturated carbocycles. The molecule has 0 bridgehead atoms. The first-order chi connectivity index (χ1) is 8.27. The van der Waals surface area contributed by atoms with E-state index in [1.807, 2.05) is 29.2 Å². The Morgan fingerprint density at radius 3 is 3.00 bits per heavy atom. The Balaban J connectivity index is 2.29. The van der Waals surface area contributed by atoms with E-state index in [2.05, 4.69) is 0 Å². The van der Waals surface area contributed by atoms with E-state index in [1.54, 1.807) is 7.11 Å². The maximum Gasteiger partial charge on any atom is 0.236 e. The van der Waals surface area contributed by atoms with Crippen LogP contribution in [0.1, 0.15) is 24.4 Å². The summed E-state index contributed by atoms with van der Waals surface area (Å²) >= 11 is 0. The highest BCUT2D eigenvalue weighted by atomic mass is 16.5. The molecule has 2 N–H and O–H groups in total. The van der Waals surface area contributed by atoms with E-state index in [-0.39, 0.29) is 18.5 Å². The minimum Gasteiger partial charge on any atom is -0.496 e. The van der Waals surface area contributed by atoms with Crippen molar-refractivity contribution in [1.82, 2.24) is 4.90 Å². The number of carbonyl (C=O) groups excluding carboxylic acids is 1. The van der Waals surface area contributed by atoms with Gasteiger partial charge in [-0.05, 0) is 18.9 Å². The fourth-order valence-corrected chi connectivity index (χ4v) is 2.45. The average Bonchev–Trinajstić information content (AvgIpc) is 2.86. The van der Waals surface area contributed by atoms with Gasteiger partial charge in [0, 0.05) is 12.1 Å². The number of hydrogen-bond donors (Lipinski definition) is 1. The molecule has 1 saturated heterocycles. The number of hydrogen-bond acceptors (Lipinski definition) is 3. The van der Waals surface area contributed by atoms with Gasteiger partial charge in [-0.3, -0.25) is 4.79 Å². The van der Waals surface area contributed by atoms with E-state index >= 15 is 0 Å². The molecule has 1 amide bonds. The number of benzene rings is 1. The van der Waals surface area contributed by atoms with Crippen LogP contribution in [0, 0.1) is 0 Å². The van der Waals surface area contributed by atoms with Gasteiger partial charge in [-0.2, -0.15) is 0 Å². The number of methoxy groups -OCH3 is 1. The highest BCUT2D eigenvalue weighted by Crippen LogP contribution is 2.36. The first-order valence-electron chi connectivity index (χ1n) is 5.90. The zero-order chi connectivity index (χ0) is 12.3. The summed E-state index contributed by atoms with van der Waals surface area (Å²) in [5, 5.41) is 0. The molecule has 1 heterocycles. The second kappa shape index (κ2) is 5.19. The van der Waals surface area contributed by atoms with Crippen LogP contribution >= 0.6 is 0 Å². The molecule has 17 heavy (non-hydrogen) atoms. The smallest absolute Gasteiger partial charge is 0.236 e. The Morgan fingerprint density at radius 2 is 2.29 bits per heavy atom. The molecule has 92 valence electrons. The number of nitrogens with two attached hydrogens (primary N) is 1. The SMILES string of the molecule is COc1ccccc1[C@H]1CCCN1C(=O)CN. The monoisotopic (exact) mass is 234 g/mol. The van der Waals surface area contributed by atoms with Gasteiger partial charge < -0.3 is 15.4 Å². The van der Waals surface area contributed by atoms with Crippen molar-refractivity contribution < 1.29 is 9.53 Å². The molecule has 1 fully saturated rings. The van der Waals surface area contributed by atoms with Gasteiger partial charge in [0.2, 0.25) is 5.91 Å². The lowest BCUT2D eigenvalue weighted by Crippen LogP contribution is -2.35. The maximum atomic E-state index is 11.8. The Labute approximate surface area is 101 Å². The Hall–Kier alpha value is -1.55. The second-order valence-electron chi connectivity index (χ2n) is 4.19. The molecule has 1 aliphatic heterocycles. The van der Waals surface area contributed by atoms with E-state index in [4.69, 9.17) is 10.5 Å². The summed E-state index contributed by atoms with van der Waals surface area (Å²) in [5.74, 6) is 0.854. The summed E-state index contributed by atoms with van der Waals surface area (Å²) < 4.78 is 5.35. The fraction of sp³-hybridized carbons (Fsp3) is 0.462. The lowest BCUT2D eigenvalue weighted by molar-refractivity contribution is -0.130. The van der Waals surface area contributed by atoms with Crippen LogP contribution in [0.3, 0.4) is 0 Å². The second-order valence-corrected chi connectivity index (χ2v) is 4.19. The number of rotatable bonds is 3. The van der Waals surface area contributed by atoms with Crippen LogP contribution < -0.4 is 10.5 Å². The van der Waals surface area contributed by atoms with Crippen molar-refractivity contribution in [1.29, 1.82) is 0 Å². The highest BCUT2D eigenvalue weighted by molar-refractivity contribution is 5.79. The minimum absolute atomic E-state index is 0.0124. The van der Waals surface area contributed by atoms with Crippen molar-refractivity contribution in [2.24, 2.45) is 5.73 Å². The molecule has 1 aliphatic rings. The molecule has 1 aromatic carbocycles. The van der Waals surface area contributed by atoms with Gasteiger partial charge in [-0.1, -0.05) is 18.2 Å². The van der Waals surface area contributed by atoms with Crippen molar-refractivity contribution in [2.45, 2.75) is 18.9 Å². The molecular formula is C13H18N2O2. The predicted molar refractivity (Wildman–Crippen MR) is 65.7 cm³/mol. The van der Waals surface area contributed by atoms with Crippen LogP contribution in [0.5, 0.6) is 5.75 Å². The Bertz CT molecular complexity index is 406. The third-order valence-electron chi connectivity index (χ3n) is 3.25. The summed E-state index contributed by atoms with van der Waals surface area (Å²) in [4.78, 5) is 13.6. The maximum absolute atomic E-state index is 11.8. The largest absolute Gasteiger partial charge is 0.496 e. The van der Waals surface area contributed by atoms with Crippen molar-refractivity contribution in [3.05, 3.63) is 29.8 Å². The zero-order valence-electron chi connectivity index (χ0n) is 10.1. The van der Waals surface area contributed by atoms with Crippen LogP contribution in [0.25, 0.3) is 0 Å². The van der Waals surface area contributed by atoms with E-state index in [9.17, 15) is 4.79 Å². The third-order valence-corrected chi connectivity index (χ3v) is 3.25. The van der Waals surface area contributed by atoms with E-state index in [1.165, 1.54) is 0 Å². The van der Waals surface area contributed by atoms with Crippen LogP contribution in [-0.2, 0) is 4.79 Å².